The Balaban J connectivity index is 1.68. The molecule has 0 heterocycles. The van der Waals surface area contributed by atoms with Gasteiger partial charge in [0.1, 0.15) is 24.4 Å². The van der Waals surface area contributed by atoms with Crippen molar-refractivity contribution in [1.82, 2.24) is 0 Å². The van der Waals surface area contributed by atoms with E-state index < -0.39 is 23.8 Å². The number of hydrogen-bond acceptors (Lipinski definition) is 7. The molecule has 2 bridgehead atoms. The molecule has 1 N–H and O–H groups in total. The number of carbonyl (C=O) groups excluding carboxylic acids is 3. The van der Waals surface area contributed by atoms with Crippen LogP contribution in [-0.4, -0.2) is 47.4 Å². The van der Waals surface area contributed by atoms with E-state index in [1.807, 2.05) is 13.8 Å². The van der Waals surface area contributed by atoms with Crippen LogP contribution in [0.1, 0.15) is 93.4 Å². The van der Waals surface area contributed by atoms with E-state index in [0.717, 1.165) is 37.7 Å². The Bertz CT molecular complexity index is 949. The number of hydrogen-bond donors (Lipinski definition) is 1. The van der Waals surface area contributed by atoms with Gasteiger partial charge in [0, 0.05) is 25.3 Å². The van der Waals surface area contributed by atoms with E-state index in [1.165, 1.54) is 19.9 Å². The Morgan fingerprint density at radius 2 is 1.61 bits per heavy atom. The maximum atomic E-state index is 12.7. The molecule has 4 fully saturated rings. The Morgan fingerprint density at radius 3 is 2.22 bits per heavy atom. The van der Waals surface area contributed by atoms with Gasteiger partial charge in [-0.15, -0.1) is 0 Å². The summed E-state index contributed by atoms with van der Waals surface area (Å²) in [5.74, 6) is -0.373. The first-order valence-electron chi connectivity index (χ1n) is 13.5. The van der Waals surface area contributed by atoms with Gasteiger partial charge in [0.2, 0.25) is 0 Å². The lowest BCUT2D eigenvalue weighted by Crippen LogP contribution is -2.64. The molecular formula is C29H44O7. The molecule has 0 aliphatic heterocycles. The topological polar surface area (TPSA) is 99.1 Å². The third-order valence-electron chi connectivity index (χ3n) is 10.2. The van der Waals surface area contributed by atoms with Crippen molar-refractivity contribution in [3.05, 3.63) is 11.6 Å². The van der Waals surface area contributed by atoms with Gasteiger partial charge < -0.3 is 19.3 Å². The van der Waals surface area contributed by atoms with Crippen molar-refractivity contribution in [2.45, 2.75) is 111 Å². The lowest BCUT2D eigenvalue weighted by molar-refractivity contribution is -0.234. The fraction of sp³-hybridized carbons (Fsp3) is 0.828. The summed E-state index contributed by atoms with van der Waals surface area (Å²) in [6.45, 7) is 13.2. The highest BCUT2D eigenvalue weighted by Gasteiger charge is 2.70. The van der Waals surface area contributed by atoms with E-state index in [0.29, 0.717) is 18.8 Å². The van der Waals surface area contributed by atoms with Gasteiger partial charge in [-0.2, -0.15) is 0 Å². The summed E-state index contributed by atoms with van der Waals surface area (Å²) in [4.78, 5) is 36.4. The van der Waals surface area contributed by atoms with E-state index in [1.54, 1.807) is 0 Å². The molecule has 1 spiro atoms. The molecule has 0 amide bonds. The van der Waals surface area contributed by atoms with E-state index in [9.17, 15) is 19.5 Å². The highest BCUT2D eigenvalue weighted by Crippen LogP contribution is 2.73. The second kappa shape index (κ2) is 9.14. The SMILES string of the molecule is CC(=O)OC[C@@]1(O)C[C@@]23CC[C@@H]4C(C)(C)[C@H](OC(C)=O)[C@H](OC(=O)C=C(C)C)C[C@]4(C)[C@@H]2CC[C@@H]1C3. The molecule has 4 aliphatic rings. The van der Waals surface area contributed by atoms with Crippen LogP contribution in [0.2, 0.25) is 0 Å². The lowest BCUT2D eigenvalue weighted by atomic mass is 9.40. The van der Waals surface area contributed by atoms with Crippen LogP contribution in [0.4, 0.5) is 0 Å². The van der Waals surface area contributed by atoms with Gasteiger partial charge in [0.05, 0.1) is 0 Å². The average Bonchev–Trinajstić information content (AvgIpc) is 2.93. The fourth-order valence-electron chi connectivity index (χ4n) is 9.26. The highest BCUT2D eigenvalue weighted by atomic mass is 16.6. The van der Waals surface area contributed by atoms with E-state index in [-0.39, 0.29) is 46.6 Å². The van der Waals surface area contributed by atoms with Gasteiger partial charge in [-0.1, -0.05) is 26.3 Å². The van der Waals surface area contributed by atoms with Gasteiger partial charge in [-0.25, -0.2) is 4.79 Å². The first-order valence-corrected chi connectivity index (χ1v) is 13.5. The summed E-state index contributed by atoms with van der Waals surface area (Å²) in [5, 5.41) is 11.6. The van der Waals surface area contributed by atoms with Crippen molar-refractivity contribution in [3.8, 4) is 0 Å². The number of fused-ring (bicyclic) bond motifs is 3. The highest BCUT2D eigenvalue weighted by molar-refractivity contribution is 5.82. The second-order valence-electron chi connectivity index (χ2n) is 13.3. The van der Waals surface area contributed by atoms with Gasteiger partial charge in [-0.3, -0.25) is 9.59 Å². The molecule has 202 valence electrons. The van der Waals surface area contributed by atoms with Gasteiger partial charge in [0.25, 0.3) is 0 Å². The van der Waals surface area contributed by atoms with Crippen LogP contribution in [0.5, 0.6) is 0 Å². The molecule has 0 aromatic heterocycles. The molecule has 36 heavy (non-hydrogen) atoms. The predicted octanol–water partition coefficient (Wildman–Crippen LogP) is 4.74. The van der Waals surface area contributed by atoms with E-state index in [2.05, 4.69) is 20.8 Å². The number of esters is 3. The molecular weight excluding hydrogens is 460 g/mol. The summed E-state index contributed by atoms with van der Waals surface area (Å²) in [5.41, 5.74) is -0.687. The van der Waals surface area contributed by atoms with Gasteiger partial charge in [-0.05, 0) is 87.4 Å². The minimum atomic E-state index is -0.983. The summed E-state index contributed by atoms with van der Waals surface area (Å²) >= 11 is 0. The minimum Gasteiger partial charge on any atom is -0.463 e. The molecule has 4 saturated carbocycles. The third kappa shape index (κ3) is 4.50. The van der Waals surface area contributed by atoms with Crippen molar-refractivity contribution >= 4 is 17.9 Å². The average molecular weight is 505 g/mol. The Kier molecular flexibility index (Phi) is 6.89. The molecule has 4 rings (SSSR count). The van der Waals surface area contributed by atoms with Crippen LogP contribution < -0.4 is 0 Å². The van der Waals surface area contributed by atoms with Gasteiger partial charge in [0.15, 0.2) is 0 Å². The van der Waals surface area contributed by atoms with Gasteiger partial charge >= 0.3 is 17.9 Å². The normalized spacial score (nSPS) is 42.4. The molecule has 0 unspecified atom stereocenters. The smallest absolute Gasteiger partial charge is 0.331 e. The van der Waals surface area contributed by atoms with Crippen LogP contribution in [0.25, 0.3) is 0 Å². The summed E-state index contributed by atoms with van der Waals surface area (Å²) in [6.07, 6.45) is 6.48. The zero-order chi connectivity index (χ0) is 26.7. The first-order chi connectivity index (χ1) is 16.6. The Labute approximate surface area is 215 Å². The number of ether oxygens (including phenoxy) is 3. The monoisotopic (exact) mass is 504 g/mol. The van der Waals surface area contributed by atoms with Crippen LogP contribution in [0, 0.1) is 34.0 Å². The second-order valence-corrected chi connectivity index (χ2v) is 13.3. The molecule has 8 atom stereocenters. The van der Waals surface area contributed by atoms with Crippen LogP contribution in [0.3, 0.4) is 0 Å². The van der Waals surface area contributed by atoms with Crippen molar-refractivity contribution in [1.29, 1.82) is 0 Å². The molecule has 0 aromatic carbocycles. The maximum Gasteiger partial charge on any atom is 0.331 e. The summed E-state index contributed by atoms with van der Waals surface area (Å²) in [7, 11) is 0. The van der Waals surface area contributed by atoms with E-state index in [4.69, 9.17) is 14.2 Å². The van der Waals surface area contributed by atoms with Crippen molar-refractivity contribution < 1.29 is 33.7 Å². The van der Waals surface area contributed by atoms with Crippen LogP contribution in [-0.2, 0) is 28.6 Å². The van der Waals surface area contributed by atoms with Crippen molar-refractivity contribution in [2.24, 2.45) is 34.0 Å². The number of allylic oxidation sites excluding steroid dienone is 1. The largest absolute Gasteiger partial charge is 0.463 e. The zero-order valence-corrected chi connectivity index (χ0v) is 23.0. The standard InChI is InChI=1S/C29H44O7/c1-17(2)12-24(32)36-21-14-27(7)22(26(5,6)25(21)35-19(4)31)10-11-28-13-20(8-9-23(27)28)29(33,15-28)16-34-18(3)30/h12,20-23,25,33H,8-11,13-16H2,1-7H3/t20-,21-,22-,23+,25-,27+,28+,29+/m1/s1. The fourth-order valence-corrected chi connectivity index (χ4v) is 9.26. The number of carbonyl (C=O) groups is 3. The molecule has 7 heteroatoms. The molecule has 7 nitrogen and oxygen atoms in total. The van der Waals surface area contributed by atoms with Crippen LogP contribution in [0.15, 0.2) is 11.6 Å². The minimum absolute atomic E-state index is 0.0259. The zero-order valence-electron chi connectivity index (χ0n) is 23.0. The quantitative estimate of drug-likeness (QED) is 0.328. The Hall–Kier alpha value is -1.89. The number of rotatable bonds is 5. The molecule has 0 radical (unpaired) electrons. The van der Waals surface area contributed by atoms with E-state index >= 15 is 0 Å². The number of aliphatic hydroxyl groups is 1. The maximum absolute atomic E-state index is 12.7. The third-order valence-corrected chi connectivity index (χ3v) is 10.2. The van der Waals surface area contributed by atoms with Crippen LogP contribution >= 0.6 is 0 Å². The Morgan fingerprint density at radius 1 is 0.917 bits per heavy atom. The van der Waals surface area contributed by atoms with Crippen molar-refractivity contribution in [2.75, 3.05) is 6.61 Å². The summed E-state index contributed by atoms with van der Waals surface area (Å²) < 4.78 is 17.2. The molecule has 0 saturated heterocycles. The lowest BCUT2D eigenvalue weighted by Gasteiger charge is -2.65. The summed E-state index contributed by atoms with van der Waals surface area (Å²) in [6, 6.07) is 0. The molecule has 4 aliphatic carbocycles. The molecule has 0 aromatic rings. The predicted molar refractivity (Wildman–Crippen MR) is 134 cm³/mol. The van der Waals surface area contributed by atoms with Crippen molar-refractivity contribution in [3.63, 3.8) is 0 Å². The first kappa shape index (κ1) is 27.2.